The molecule has 0 radical (unpaired) electrons. The fraction of sp³-hybridized carbons (Fsp3) is 0.240. The molecule has 0 unspecified atom stereocenters. The summed E-state index contributed by atoms with van der Waals surface area (Å²) in [6.45, 7) is 3.04. The fourth-order valence-corrected chi connectivity index (χ4v) is 4.37. The van der Waals surface area contributed by atoms with Gasteiger partial charge in [0.15, 0.2) is 0 Å². The number of likely N-dealkylation sites (tertiary alicyclic amines) is 1. The van der Waals surface area contributed by atoms with E-state index in [-0.39, 0.29) is 16.9 Å². The SMILES string of the molecule is O=c1ccc(=O)oc2c(-c3ccccc3)c3c(cccc3c(=O)n2CCN2CCCC2)o1. The van der Waals surface area contributed by atoms with Crippen LogP contribution in [0, 0.1) is 0 Å². The van der Waals surface area contributed by atoms with Crippen molar-refractivity contribution in [3.63, 3.8) is 0 Å². The smallest absolute Gasteiger partial charge is 0.337 e. The molecule has 7 heteroatoms. The van der Waals surface area contributed by atoms with Crippen LogP contribution in [0.5, 0.6) is 0 Å². The Bertz CT molecular complexity index is 1490. The van der Waals surface area contributed by atoms with Crippen molar-refractivity contribution in [3.8, 4) is 11.1 Å². The molecule has 0 saturated carbocycles. The molecule has 0 spiro atoms. The van der Waals surface area contributed by atoms with Gasteiger partial charge in [0.2, 0.25) is 5.71 Å². The van der Waals surface area contributed by atoms with E-state index in [1.165, 1.54) is 4.57 Å². The minimum Gasteiger partial charge on any atom is -0.423 e. The van der Waals surface area contributed by atoms with Gasteiger partial charge in [0.25, 0.3) is 5.56 Å². The van der Waals surface area contributed by atoms with Crippen LogP contribution in [0.25, 0.3) is 33.2 Å². The van der Waals surface area contributed by atoms with Crippen LogP contribution in [-0.2, 0) is 6.54 Å². The highest BCUT2D eigenvalue weighted by Gasteiger charge is 2.20. The summed E-state index contributed by atoms with van der Waals surface area (Å²) in [6, 6.07) is 16.5. The van der Waals surface area contributed by atoms with Crippen molar-refractivity contribution < 1.29 is 8.83 Å². The molecule has 0 N–H and O–H groups in total. The van der Waals surface area contributed by atoms with E-state index < -0.39 is 11.3 Å². The summed E-state index contributed by atoms with van der Waals surface area (Å²) < 4.78 is 12.8. The van der Waals surface area contributed by atoms with Gasteiger partial charge in [0, 0.05) is 30.6 Å². The lowest BCUT2D eigenvalue weighted by atomic mass is 9.99. The molecule has 1 aliphatic heterocycles. The third-order valence-corrected chi connectivity index (χ3v) is 5.88. The van der Waals surface area contributed by atoms with E-state index in [2.05, 4.69) is 4.90 Å². The monoisotopic (exact) mass is 430 g/mol. The van der Waals surface area contributed by atoms with Crippen LogP contribution < -0.4 is 16.8 Å². The van der Waals surface area contributed by atoms with Crippen molar-refractivity contribution in [2.45, 2.75) is 19.4 Å². The maximum Gasteiger partial charge on any atom is 0.337 e. The zero-order valence-electron chi connectivity index (χ0n) is 17.5. The largest absolute Gasteiger partial charge is 0.423 e. The first kappa shape index (κ1) is 20.2. The van der Waals surface area contributed by atoms with Crippen LogP contribution in [0.15, 0.2) is 83.9 Å². The van der Waals surface area contributed by atoms with Crippen molar-refractivity contribution in [1.82, 2.24) is 9.47 Å². The van der Waals surface area contributed by atoms with E-state index in [0.29, 0.717) is 29.4 Å². The number of aromatic nitrogens is 1. The molecule has 32 heavy (non-hydrogen) atoms. The van der Waals surface area contributed by atoms with Crippen LogP contribution in [-0.4, -0.2) is 29.1 Å². The molecule has 1 aliphatic rings. The number of hydrogen-bond acceptors (Lipinski definition) is 6. The number of rotatable bonds is 4. The lowest BCUT2D eigenvalue weighted by Crippen LogP contribution is -2.30. The van der Waals surface area contributed by atoms with Gasteiger partial charge in [0.1, 0.15) is 5.58 Å². The molecule has 0 aliphatic carbocycles. The topological polar surface area (TPSA) is 85.7 Å². The number of nitrogens with zero attached hydrogens (tertiary/aromatic N) is 2. The third-order valence-electron chi connectivity index (χ3n) is 5.88. The highest BCUT2D eigenvalue weighted by Crippen LogP contribution is 2.33. The summed E-state index contributed by atoms with van der Waals surface area (Å²) in [6.07, 6.45) is 2.28. The van der Waals surface area contributed by atoms with Gasteiger partial charge in [-0.2, -0.15) is 0 Å². The Labute approximate surface area is 182 Å². The number of benzene rings is 2. The minimum atomic E-state index is -0.743. The predicted molar refractivity (Wildman–Crippen MR) is 123 cm³/mol. The van der Waals surface area contributed by atoms with Gasteiger partial charge in [-0.3, -0.25) is 9.36 Å². The molecule has 1 fully saturated rings. The van der Waals surface area contributed by atoms with Crippen molar-refractivity contribution in [3.05, 3.63) is 91.9 Å². The van der Waals surface area contributed by atoms with Crippen molar-refractivity contribution in [2.75, 3.05) is 19.6 Å². The second kappa shape index (κ2) is 8.43. The average molecular weight is 430 g/mol. The first-order valence-electron chi connectivity index (χ1n) is 10.7. The summed E-state index contributed by atoms with van der Waals surface area (Å²) in [7, 11) is 0. The lowest BCUT2D eigenvalue weighted by molar-refractivity contribution is 0.319. The summed E-state index contributed by atoms with van der Waals surface area (Å²) in [5, 5.41) is 0.854. The molecule has 7 nitrogen and oxygen atoms in total. The lowest BCUT2D eigenvalue weighted by Gasteiger charge is -2.18. The Hall–Kier alpha value is -3.71. The van der Waals surface area contributed by atoms with Crippen LogP contribution in [0.4, 0.5) is 0 Å². The number of fused-ring (bicyclic) bond motifs is 1. The van der Waals surface area contributed by atoms with Gasteiger partial charge >= 0.3 is 11.3 Å². The van der Waals surface area contributed by atoms with Crippen LogP contribution >= 0.6 is 0 Å². The number of pyridine rings is 1. The third kappa shape index (κ3) is 3.71. The van der Waals surface area contributed by atoms with Crippen LogP contribution in [0.1, 0.15) is 12.8 Å². The molecule has 2 aromatic carbocycles. The molecule has 2 aromatic heterocycles. The van der Waals surface area contributed by atoms with Gasteiger partial charge in [-0.15, -0.1) is 0 Å². The van der Waals surface area contributed by atoms with E-state index in [1.54, 1.807) is 18.2 Å². The summed E-state index contributed by atoms with van der Waals surface area (Å²) in [5.74, 6) is 0. The Morgan fingerprint density at radius 3 is 2.22 bits per heavy atom. The Balaban J connectivity index is 1.94. The molecule has 4 aromatic rings. The Kier molecular flexibility index (Phi) is 5.33. The van der Waals surface area contributed by atoms with Gasteiger partial charge in [-0.1, -0.05) is 36.4 Å². The first-order chi connectivity index (χ1) is 15.6. The highest BCUT2D eigenvalue weighted by molar-refractivity contribution is 6.09. The first-order valence-corrected chi connectivity index (χ1v) is 10.7. The Morgan fingerprint density at radius 2 is 1.47 bits per heavy atom. The molecule has 2 bridgehead atoms. The Morgan fingerprint density at radius 1 is 0.750 bits per heavy atom. The average Bonchev–Trinajstić information content (AvgIpc) is 3.32. The van der Waals surface area contributed by atoms with E-state index >= 15 is 0 Å². The standard InChI is InChI=1S/C25H22N2O5/c28-20-11-12-21(29)32-25-22(17-7-2-1-3-8-17)23-18(9-6-10-19(23)31-20)24(30)27(25)16-15-26-13-4-5-14-26/h1-3,6-12H,4-5,13-16H2. The van der Waals surface area contributed by atoms with Crippen LogP contribution in [0.3, 0.4) is 0 Å². The maximum absolute atomic E-state index is 13.6. The normalized spacial score (nSPS) is 14.2. The van der Waals surface area contributed by atoms with E-state index in [4.69, 9.17) is 8.83 Å². The molecule has 5 rings (SSSR count). The zero-order valence-corrected chi connectivity index (χ0v) is 17.5. The minimum absolute atomic E-state index is 0.160. The van der Waals surface area contributed by atoms with Crippen molar-refractivity contribution in [2.24, 2.45) is 0 Å². The molecule has 0 amide bonds. The van der Waals surface area contributed by atoms with E-state index in [0.717, 1.165) is 43.6 Å². The second-order valence-electron chi connectivity index (χ2n) is 7.91. The van der Waals surface area contributed by atoms with E-state index in [1.807, 2.05) is 30.3 Å². The van der Waals surface area contributed by atoms with Gasteiger partial charge in [-0.25, -0.2) is 9.59 Å². The fourth-order valence-electron chi connectivity index (χ4n) is 4.37. The zero-order chi connectivity index (χ0) is 22.1. The summed E-state index contributed by atoms with van der Waals surface area (Å²) in [5.41, 5.74) is -0.0321. The van der Waals surface area contributed by atoms with Gasteiger partial charge < -0.3 is 13.7 Å². The molecule has 162 valence electrons. The highest BCUT2D eigenvalue weighted by atomic mass is 16.4. The number of hydrogen-bond donors (Lipinski definition) is 0. The molecule has 1 saturated heterocycles. The molecular formula is C25H22N2O5. The van der Waals surface area contributed by atoms with Crippen molar-refractivity contribution in [1.29, 1.82) is 0 Å². The summed E-state index contributed by atoms with van der Waals surface area (Å²) in [4.78, 5) is 40.6. The van der Waals surface area contributed by atoms with Crippen LogP contribution in [0.2, 0.25) is 0 Å². The summed E-state index contributed by atoms with van der Waals surface area (Å²) >= 11 is 0. The molecule has 0 atom stereocenters. The van der Waals surface area contributed by atoms with E-state index in [9.17, 15) is 14.4 Å². The van der Waals surface area contributed by atoms with Gasteiger partial charge in [0.05, 0.1) is 10.9 Å². The van der Waals surface area contributed by atoms with Gasteiger partial charge in [-0.05, 0) is 43.6 Å². The van der Waals surface area contributed by atoms with Crippen molar-refractivity contribution >= 4 is 22.1 Å². The quantitative estimate of drug-likeness (QED) is 0.493. The molecular weight excluding hydrogens is 408 g/mol. The predicted octanol–water partition coefficient (Wildman–Crippen LogP) is 3.39. The second-order valence-corrected chi connectivity index (χ2v) is 7.91. The maximum atomic E-state index is 13.6. The molecule has 3 heterocycles.